The van der Waals surface area contributed by atoms with Crippen molar-refractivity contribution < 1.29 is 14.0 Å². The molecule has 2 saturated heterocycles. The number of carbonyl (C=O) groups is 2. The summed E-state index contributed by atoms with van der Waals surface area (Å²) in [6.45, 7) is 5.60. The minimum atomic E-state index is -0.907. The van der Waals surface area contributed by atoms with E-state index in [9.17, 15) is 14.0 Å². The Hall–Kier alpha value is -2.67. The molecule has 0 aromatic heterocycles. The Kier molecular flexibility index (Phi) is 5.88. The first-order valence-corrected chi connectivity index (χ1v) is 11.1. The molecule has 4 rings (SSSR count). The van der Waals surface area contributed by atoms with Crippen LogP contribution in [0.3, 0.4) is 0 Å². The second kappa shape index (κ2) is 8.46. The van der Waals surface area contributed by atoms with E-state index in [1.165, 1.54) is 6.08 Å². The first-order chi connectivity index (χ1) is 14.9. The highest BCUT2D eigenvalue weighted by Crippen LogP contribution is 2.46. The molecule has 4 atom stereocenters. The molecule has 1 aromatic carbocycles. The van der Waals surface area contributed by atoms with Gasteiger partial charge in [0.15, 0.2) is 0 Å². The van der Waals surface area contributed by atoms with E-state index < -0.39 is 5.54 Å². The molecule has 166 valence electrons. The zero-order valence-corrected chi connectivity index (χ0v) is 18.4. The highest BCUT2D eigenvalue weighted by Gasteiger charge is 2.56. The van der Waals surface area contributed by atoms with Gasteiger partial charge in [-0.15, -0.1) is 0 Å². The molecule has 7 heteroatoms. The Morgan fingerprint density at radius 1 is 1.32 bits per heavy atom. The third kappa shape index (κ3) is 3.65. The third-order valence-corrected chi connectivity index (χ3v) is 7.17. The number of rotatable bonds is 5. The number of hydrogen-bond acceptors (Lipinski definition) is 4. The monoisotopic (exact) mass is 426 g/mol. The van der Waals surface area contributed by atoms with Crippen molar-refractivity contribution in [3.63, 3.8) is 0 Å². The largest absolute Gasteiger partial charge is 0.384 e. The molecule has 1 aromatic rings. The minimum Gasteiger partial charge on any atom is -0.384 e. The van der Waals surface area contributed by atoms with Crippen molar-refractivity contribution in [1.82, 2.24) is 20.9 Å². The van der Waals surface area contributed by atoms with Gasteiger partial charge in [-0.05, 0) is 44.4 Å². The Balaban J connectivity index is 1.66. The van der Waals surface area contributed by atoms with Crippen LogP contribution in [0.1, 0.15) is 38.2 Å². The molecule has 0 saturated carbocycles. The van der Waals surface area contributed by atoms with Crippen molar-refractivity contribution in [2.45, 2.75) is 38.1 Å². The van der Waals surface area contributed by atoms with Crippen LogP contribution in [0.5, 0.6) is 0 Å². The number of allylic oxidation sites excluding steroid dienone is 2. The van der Waals surface area contributed by atoms with Gasteiger partial charge in [-0.3, -0.25) is 14.5 Å². The second-order valence-electron chi connectivity index (χ2n) is 8.78. The summed E-state index contributed by atoms with van der Waals surface area (Å²) in [6, 6.07) is 10.1. The van der Waals surface area contributed by atoms with Gasteiger partial charge in [0.2, 0.25) is 11.8 Å². The molecule has 2 amide bonds. The first kappa shape index (κ1) is 21.6. The molecule has 1 unspecified atom stereocenters. The summed E-state index contributed by atoms with van der Waals surface area (Å²) in [5, 5.41) is 9.00. The van der Waals surface area contributed by atoms with Gasteiger partial charge in [0.1, 0.15) is 11.4 Å². The zero-order valence-electron chi connectivity index (χ0n) is 18.4. The molecule has 6 nitrogen and oxygen atoms in total. The van der Waals surface area contributed by atoms with Crippen molar-refractivity contribution in [2.75, 3.05) is 26.7 Å². The number of likely N-dealkylation sites (N-methyl/N-ethyl adjacent to an activating group) is 1. The average molecular weight is 427 g/mol. The van der Waals surface area contributed by atoms with E-state index in [0.717, 1.165) is 17.7 Å². The summed E-state index contributed by atoms with van der Waals surface area (Å²) in [4.78, 5) is 28.2. The van der Waals surface area contributed by atoms with Gasteiger partial charge in [-0.1, -0.05) is 30.3 Å². The van der Waals surface area contributed by atoms with Crippen LogP contribution in [0.15, 0.2) is 53.6 Å². The molecule has 0 radical (unpaired) electrons. The van der Waals surface area contributed by atoms with Gasteiger partial charge >= 0.3 is 0 Å². The van der Waals surface area contributed by atoms with E-state index in [1.807, 2.05) is 32.0 Å². The standard InChI is InChI=1S/C24H31FN4O2/c1-4-27-20-13-16(25)12-19-21(20)28-23(31)24(19,2)29-11-10-17(15-8-6-5-7-9-15)18(14-29)22(30)26-3/h5-9,13,17-19,27H,4,10-12,14H2,1-3H3,(H,26,30)(H,28,31)/t17-,18-,19?,24-/m0/s1. The molecule has 2 aliphatic heterocycles. The van der Waals surface area contributed by atoms with Crippen molar-refractivity contribution >= 4 is 11.8 Å². The van der Waals surface area contributed by atoms with E-state index in [2.05, 4.69) is 33.0 Å². The van der Waals surface area contributed by atoms with Gasteiger partial charge in [0.05, 0.1) is 11.6 Å². The summed E-state index contributed by atoms with van der Waals surface area (Å²) < 4.78 is 14.5. The van der Waals surface area contributed by atoms with Crippen molar-refractivity contribution in [2.24, 2.45) is 11.8 Å². The predicted molar refractivity (Wildman–Crippen MR) is 117 cm³/mol. The number of carbonyl (C=O) groups excluding carboxylic acids is 2. The van der Waals surface area contributed by atoms with Crippen molar-refractivity contribution in [1.29, 1.82) is 0 Å². The lowest BCUT2D eigenvalue weighted by Crippen LogP contribution is -2.60. The molecule has 1 aliphatic carbocycles. The van der Waals surface area contributed by atoms with Crippen molar-refractivity contribution in [3.05, 3.63) is 59.2 Å². The number of amides is 2. The first-order valence-electron chi connectivity index (χ1n) is 11.1. The predicted octanol–water partition coefficient (Wildman–Crippen LogP) is 2.42. The summed E-state index contributed by atoms with van der Waals surface area (Å²) in [5.74, 6) is -0.886. The van der Waals surface area contributed by atoms with E-state index in [1.54, 1.807) is 7.05 Å². The molecule has 31 heavy (non-hydrogen) atoms. The SMILES string of the molecule is CCNC1=C2NC(=O)[C@@](C)(N3CC[C@@H](c4ccccc4)[C@@H](C(=O)NC)C3)C2CC(F)=C1. The maximum absolute atomic E-state index is 14.5. The maximum atomic E-state index is 14.5. The van der Waals surface area contributed by atoms with E-state index >= 15 is 0 Å². The number of benzene rings is 1. The van der Waals surface area contributed by atoms with Crippen LogP contribution in [0.2, 0.25) is 0 Å². The van der Waals surface area contributed by atoms with Crippen LogP contribution in [0.4, 0.5) is 4.39 Å². The van der Waals surface area contributed by atoms with E-state index in [0.29, 0.717) is 25.3 Å². The lowest BCUT2D eigenvalue weighted by Gasteiger charge is -2.47. The fraction of sp³-hybridized carbons (Fsp3) is 0.500. The van der Waals surface area contributed by atoms with Gasteiger partial charge in [0.25, 0.3) is 0 Å². The van der Waals surface area contributed by atoms with Gasteiger partial charge in [-0.2, -0.15) is 0 Å². The van der Waals surface area contributed by atoms with Crippen LogP contribution >= 0.6 is 0 Å². The molecular formula is C24H31FN4O2. The topological polar surface area (TPSA) is 73.5 Å². The highest BCUT2D eigenvalue weighted by molar-refractivity contribution is 5.92. The number of hydrogen-bond donors (Lipinski definition) is 3. The number of halogens is 1. The maximum Gasteiger partial charge on any atom is 0.245 e. The van der Waals surface area contributed by atoms with Gasteiger partial charge < -0.3 is 16.0 Å². The molecular weight excluding hydrogens is 395 g/mol. The molecule has 3 N–H and O–H groups in total. The highest BCUT2D eigenvalue weighted by atomic mass is 19.1. The lowest BCUT2D eigenvalue weighted by atomic mass is 9.74. The van der Waals surface area contributed by atoms with Crippen LogP contribution in [-0.4, -0.2) is 48.9 Å². The quantitative estimate of drug-likeness (QED) is 0.676. The molecule has 2 heterocycles. The average Bonchev–Trinajstić information content (AvgIpc) is 3.05. The number of piperidine rings is 1. The summed E-state index contributed by atoms with van der Waals surface area (Å²) >= 11 is 0. The molecule has 2 fully saturated rings. The van der Waals surface area contributed by atoms with Crippen LogP contribution in [-0.2, 0) is 9.59 Å². The molecule has 0 bridgehead atoms. The van der Waals surface area contributed by atoms with Crippen LogP contribution in [0.25, 0.3) is 0 Å². The lowest BCUT2D eigenvalue weighted by molar-refractivity contribution is -0.136. The third-order valence-electron chi connectivity index (χ3n) is 7.17. The van der Waals surface area contributed by atoms with E-state index in [4.69, 9.17) is 0 Å². The Labute approximate surface area is 183 Å². The Bertz CT molecular complexity index is 929. The number of nitrogens with one attached hydrogen (secondary N) is 3. The number of nitrogens with zero attached hydrogens (tertiary/aromatic N) is 1. The van der Waals surface area contributed by atoms with Crippen LogP contribution in [0, 0.1) is 11.8 Å². The van der Waals surface area contributed by atoms with Crippen molar-refractivity contribution in [3.8, 4) is 0 Å². The fourth-order valence-corrected chi connectivity index (χ4v) is 5.44. The normalized spacial score (nSPS) is 31.0. The molecule has 0 spiro atoms. The zero-order chi connectivity index (χ0) is 22.2. The summed E-state index contributed by atoms with van der Waals surface area (Å²) in [5.41, 5.74) is 1.64. The number of likely N-dealkylation sites (tertiary alicyclic amines) is 1. The Morgan fingerprint density at radius 3 is 2.74 bits per heavy atom. The second-order valence-corrected chi connectivity index (χ2v) is 8.78. The smallest absolute Gasteiger partial charge is 0.245 e. The van der Waals surface area contributed by atoms with E-state index in [-0.39, 0.29) is 41.8 Å². The Morgan fingerprint density at radius 2 is 2.06 bits per heavy atom. The minimum absolute atomic E-state index is 0.0283. The summed E-state index contributed by atoms with van der Waals surface area (Å²) in [7, 11) is 1.65. The fourth-order valence-electron chi connectivity index (χ4n) is 5.44. The molecule has 3 aliphatic rings. The summed E-state index contributed by atoms with van der Waals surface area (Å²) in [6.07, 6.45) is 2.42. The van der Waals surface area contributed by atoms with Gasteiger partial charge in [-0.25, -0.2) is 4.39 Å². The van der Waals surface area contributed by atoms with Crippen LogP contribution < -0.4 is 16.0 Å². The van der Waals surface area contributed by atoms with Gasteiger partial charge in [0, 0.05) is 38.2 Å². The number of fused-ring (bicyclic) bond motifs is 1.